The second kappa shape index (κ2) is 11.8. The molecule has 2 aliphatic heterocycles. The average Bonchev–Trinajstić information content (AvgIpc) is 3.04. The second-order valence-electron chi connectivity index (χ2n) is 8.24. The van der Waals surface area contributed by atoms with Gasteiger partial charge in [0.15, 0.2) is 0 Å². The minimum atomic E-state index is 0.0326. The van der Waals surface area contributed by atoms with E-state index in [0.29, 0.717) is 13.1 Å². The Morgan fingerprint density at radius 3 is 2.34 bits per heavy atom. The van der Waals surface area contributed by atoms with Crippen molar-refractivity contribution in [3.63, 3.8) is 0 Å². The lowest BCUT2D eigenvalue weighted by atomic mass is 9.95. The number of piperidine rings is 1. The number of amides is 2. The van der Waals surface area contributed by atoms with E-state index < -0.39 is 0 Å². The van der Waals surface area contributed by atoms with Crippen LogP contribution in [0.25, 0.3) is 6.08 Å². The van der Waals surface area contributed by atoms with Gasteiger partial charge in [-0.25, -0.2) is 0 Å². The zero-order chi connectivity index (χ0) is 20.3. The lowest BCUT2D eigenvalue weighted by Gasteiger charge is -2.30. The number of rotatable bonds is 7. The number of likely N-dealkylation sites (tertiary alicyclic amines) is 2. The minimum absolute atomic E-state index is 0.0326. The third-order valence-electron chi connectivity index (χ3n) is 6.04. The van der Waals surface area contributed by atoms with E-state index in [1.54, 1.807) is 6.08 Å². The number of carbonyl (C=O) groups is 2. The molecule has 0 aliphatic carbocycles. The van der Waals surface area contributed by atoms with Crippen molar-refractivity contribution < 1.29 is 9.59 Å². The molecule has 1 N–H and O–H groups in total. The molecule has 3 rings (SSSR count). The van der Waals surface area contributed by atoms with Crippen LogP contribution in [0.3, 0.4) is 0 Å². The minimum Gasteiger partial charge on any atom is -0.356 e. The van der Waals surface area contributed by atoms with Gasteiger partial charge in [-0.15, -0.1) is 0 Å². The summed E-state index contributed by atoms with van der Waals surface area (Å²) in [7, 11) is 0. The third kappa shape index (κ3) is 7.32. The van der Waals surface area contributed by atoms with E-state index in [9.17, 15) is 9.59 Å². The van der Waals surface area contributed by atoms with Crippen molar-refractivity contribution in [1.29, 1.82) is 0 Å². The fraction of sp³-hybridized carbons (Fsp3) is 0.583. The molecule has 1 aromatic rings. The fourth-order valence-corrected chi connectivity index (χ4v) is 4.22. The van der Waals surface area contributed by atoms with Gasteiger partial charge in [0.2, 0.25) is 11.8 Å². The van der Waals surface area contributed by atoms with Crippen LogP contribution in [0.4, 0.5) is 0 Å². The van der Waals surface area contributed by atoms with Crippen molar-refractivity contribution >= 4 is 17.9 Å². The van der Waals surface area contributed by atoms with Gasteiger partial charge < -0.3 is 15.1 Å². The normalized spacial score (nSPS) is 19.2. The van der Waals surface area contributed by atoms with E-state index in [4.69, 9.17) is 0 Å². The standard InChI is InChI=1S/C24H35N3O2/c28-23(12-11-21-9-4-3-5-10-21)27-19-13-22(14-20-27)24(29)25-15-8-18-26-16-6-1-2-7-17-26/h3-5,9-12,22H,1-2,6-8,13-20H2,(H,25,29)/b12-11+. The summed E-state index contributed by atoms with van der Waals surface area (Å²) in [4.78, 5) is 29.2. The van der Waals surface area contributed by atoms with E-state index >= 15 is 0 Å². The molecule has 2 fully saturated rings. The van der Waals surface area contributed by atoms with Crippen molar-refractivity contribution in [2.24, 2.45) is 5.92 Å². The first-order valence-electron chi connectivity index (χ1n) is 11.2. The Labute approximate surface area is 175 Å². The van der Waals surface area contributed by atoms with E-state index in [-0.39, 0.29) is 17.7 Å². The van der Waals surface area contributed by atoms with E-state index in [1.807, 2.05) is 41.3 Å². The molecule has 2 amide bonds. The first-order valence-corrected chi connectivity index (χ1v) is 11.2. The van der Waals surface area contributed by atoms with Crippen molar-refractivity contribution in [3.8, 4) is 0 Å². The van der Waals surface area contributed by atoms with E-state index in [2.05, 4.69) is 10.2 Å². The smallest absolute Gasteiger partial charge is 0.246 e. The van der Waals surface area contributed by atoms with Crippen LogP contribution in [-0.2, 0) is 9.59 Å². The Balaban J connectivity index is 1.31. The lowest BCUT2D eigenvalue weighted by molar-refractivity contribution is -0.132. The third-order valence-corrected chi connectivity index (χ3v) is 6.04. The van der Waals surface area contributed by atoms with Crippen LogP contribution in [0.2, 0.25) is 0 Å². The van der Waals surface area contributed by atoms with Gasteiger partial charge in [0, 0.05) is 31.6 Å². The molecule has 1 aromatic carbocycles. The highest BCUT2D eigenvalue weighted by Crippen LogP contribution is 2.18. The van der Waals surface area contributed by atoms with Gasteiger partial charge in [-0.2, -0.15) is 0 Å². The first kappa shape index (κ1) is 21.6. The van der Waals surface area contributed by atoms with Gasteiger partial charge in [0.05, 0.1) is 0 Å². The van der Waals surface area contributed by atoms with Gasteiger partial charge in [-0.05, 0) is 63.4 Å². The molecular formula is C24H35N3O2. The van der Waals surface area contributed by atoms with Crippen molar-refractivity contribution in [2.75, 3.05) is 39.3 Å². The zero-order valence-corrected chi connectivity index (χ0v) is 17.5. The number of benzene rings is 1. The molecule has 0 aromatic heterocycles. The largest absolute Gasteiger partial charge is 0.356 e. The number of nitrogens with zero attached hydrogens (tertiary/aromatic N) is 2. The van der Waals surface area contributed by atoms with Crippen LogP contribution < -0.4 is 5.32 Å². The van der Waals surface area contributed by atoms with Gasteiger partial charge in [0.1, 0.15) is 0 Å². The highest BCUT2D eigenvalue weighted by Gasteiger charge is 2.26. The van der Waals surface area contributed by atoms with E-state index in [1.165, 1.54) is 38.8 Å². The zero-order valence-electron chi connectivity index (χ0n) is 17.5. The molecular weight excluding hydrogens is 362 g/mol. The quantitative estimate of drug-likeness (QED) is 0.567. The lowest BCUT2D eigenvalue weighted by Crippen LogP contribution is -2.43. The van der Waals surface area contributed by atoms with Crippen LogP contribution >= 0.6 is 0 Å². The summed E-state index contributed by atoms with van der Waals surface area (Å²) in [6.07, 6.45) is 11.4. The number of carbonyl (C=O) groups excluding carboxylic acids is 2. The molecule has 0 atom stereocenters. The van der Waals surface area contributed by atoms with Crippen LogP contribution in [0.1, 0.15) is 50.5 Å². The molecule has 29 heavy (non-hydrogen) atoms. The molecule has 2 heterocycles. The Morgan fingerprint density at radius 2 is 1.66 bits per heavy atom. The van der Waals surface area contributed by atoms with Crippen LogP contribution in [0, 0.1) is 5.92 Å². The number of hydrogen-bond donors (Lipinski definition) is 1. The topological polar surface area (TPSA) is 52.7 Å². The first-order chi connectivity index (χ1) is 14.2. The highest BCUT2D eigenvalue weighted by atomic mass is 16.2. The van der Waals surface area contributed by atoms with Crippen LogP contribution in [0.15, 0.2) is 36.4 Å². The van der Waals surface area contributed by atoms with E-state index in [0.717, 1.165) is 37.9 Å². The van der Waals surface area contributed by atoms with Crippen LogP contribution in [-0.4, -0.2) is 60.9 Å². The maximum absolute atomic E-state index is 12.4. The maximum Gasteiger partial charge on any atom is 0.246 e. The average molecular weight is 398 g/mol. The Hall–Kier alpha value is -2.14. The van der Waals surface area contributed by atoms with Gasteiger partial charge in [-0.1, -0.05) is 43.2 Å². The summed E-state index contributed by atoms with van der Waals surface area (Å²) < 4.78 is 0. The van der Waals surface area contributed by atoms with Gasteiger partial charge >= 0.3 is 0 Å². The molecule has 0 bridgehead atoms. The molecule has 2 aliphatic rings. The summed E-state index contributed by atoms with van der Waals surface area (Å²) in [6.45, 7) is 5.57. The number of nitrogens with one attached hydrogen (secondary N) is 1. The summed E-state index contributed by atoms with van der Waals surface area (Å²) in [5.41, 5.74) is 1.02. The molecule has 0 unspecified atom stereocenters. The monoisotopic (exact) mass is 397 g/mol. The predicted molar refractivity (Wildman–Crippen MR) is 117 cm³/mol. The van der Waals surface area contributed by atoms with Crippen molar-refractivity contribution in [2.45, 2.75) is 44.9 Å². The fourth-order valence-electron chi connectivity index (χ4n) is 4.22. The second-order valence-corrected chi connectivity index (χ2v) is 8.24. The summed E-state index contributed by atoms with van der Waals surface area (Å²) in [5.74, 6) is 0.230. The summed E-state index contributed by atoms with van der Waals surface area (Å²) in [6, 6.07) is 9.84. The molecule has 2 saturated heterocycles. The maximum atomic E-state index is 12.4. The number of hydrogen-bond acceptors (Lipinski definition) is 3. The van der Waals surface area contributed by atoms with Gasteiger partial charge in [0.25, 0.3) is 0 Å². The Morgan fingerprint density at radius 1 is 0.966 bits per heavy atom. The van der Waals surface area contributed by atoms with Crippen LogP contribution in [0.5, 0.6) is 0 Å². The molecule has 5 nitrogen and oxygen atoms in total. The van der Waals surface area contributed by atoms with Crippen molar-refractivity contribution in [1.82, 2.24) is 15.1 Å². The predicted octanol–water partition coefficient (Wildman–Crippen LogP) is 3.32. The Bertz CT molecular complexity index is 658. The molecule has 0 radical (unpaired) electrons. The molecule has 0 spiro atoms. The SMILES string of the molecule is O=C(NCCCN1CCCCCC1)C1CCN(C(=O)/C=C/c2ccccc2)CC1. The summed E-state index contributed by atoms with van der Waals surface area (Å²) >= 11 is 0. The van der Waals surface area contributed by atoms with Gasteiger partial charge in [-0.3, -0.25) is 9.59 Å². The molecule has 0 saturated carbocycles. The van der Waals surface area contributed by atoms with Crippen molar-refractivity contribution in [3.05, 3.63) is 42.0 Å². The molecule has 5 heteroatoms. The molecule has 158 valence electrons. The summed E-state index contributed by atoms with van der Waals surface area (Å²) in [5, 5.41) is 3.12. The highest BCUT2D eigenvalue weighted by molar-refractivity contribution is 5.92. The Kier molecular flexibility index (Phi) is 8.75.